The molecule has 0 aromatic carbocycles. The molecule has 1 saturated carbocycles. The molecule has 1 aliphatic rings. The maximum atomic E-state index is 8.79. The van der Waals surface area contributed by atoms with Gasteiger partial charge in [-0.1, -0.05) is 0 Å². The first kappa shape index (κ1) is 14.8. The molecule has 1 fully saturated rings. The lowest BCUT2D eigenvalue weighted by atomic mass is 9.83. The summed E-state index contributed by atoms with van der Waals surface area (Å²) in [5.74, 6) is 1.03. The van der Waals surface area contributed by atoms with Crippen molar-refractivity contribution in [2.75, 3.05) is 19.8 Å². The van der Waals surface area contributed by atoms with Crippen LogP contribution >= 0.6 is 0 Å². The summed E-state index contributed by atoms with van der Waals surface area (Å²) in [5.41, 5.74) is 0. The highest BCUT2D eigenvalue weighted by Gasteiger charge is 2.19. The minimum Gasteiger partial charge on any atom is -0.396 e. The van der Waals surface area contributed by atoms with Gasteiger partial charge in [-0.05, 0) is 44.4 Å². The van der Waals surface area contributed by atoms with Crippen molar-refractivity contribution in [3.05, 3.63) is 0 Å². The summed E-state index contributed by atoms with van der Waals surface area (Å²) < 4.78 is 0. The van der Waals surface area contributed by atoms with E-state index in [1.807, 2.05) is 0 Å². The molecule has 0 aliphatic heterocycles. The van der Waals surface area contributed by atoms with Gasteiger partial charge in [0.1, 0.15) is 0 Å². The summed E-state index contributed by atoms with van der Waals surface area (Å²) in [4.78, 5) is 0. The highest BCUT2D eigenvalue weighted by Crippen LogP contribution is 2.27. The molecule has 92 valence electrons. The van der Waals surface area contributed by atoms with Gasteiger partial charge in [-0.25, -0.2) is 0 Å². The minimum atomic E-state index is -0.560. The van der Waals surface area contributed by atoms with Crippen LogP contribution in [0.25, 0.3) is 0 Å². The third-order valence-corrected chi connectivity index (χ3v) is 2.75. The number of rotatable bonds is 3. The first-order chi connectivity index (χ1) is 7.13. The number of aliphatic hydroxyl groups excluding tert-OH is 4. The van der Waals surface area contributed by atoms with E-state index in [4.69, 9.17) is 20.4 Å². The highest BCUT2D eigenvalue weighted by atomic mass is 16.3. The Labute approximate surface area is 91.6 Å². The number of aliphatic hydroxyl groups is 4. The van der Waals surface area contributed by atoms with Gasteiger partial charge in [-0.3, -0.25) is 0 Å². The van der Waals surface area contributed by atoms with Crippen molar-refractivity contribution in [3.8, 4) is 0 Å². The Morgan fingerprint density at radius 2 is 1.20 bits per heavy atom. The van der Waals surface area contributed by atoms with Gasteiger partial charge in [0, 0.05) is 13.2 Å². The Bertz CT molecular complexity index is 119. The maximum Gasteiger partial charge on any atom is 0.0742 e. The van der Waals surface area contributed by atoms with Crippen molar-refractivity contribution >= 4 is 0 Å². The largest absolute Gasteiger partial charge is 0.396 e. The van der Waals surface area contributed by atoms with Crippen molar-refractivity contribution in [1.82, 2.24) is 0 Å². The molecule has 0 amide bonds. The van der Waals surface area contributed by atoms with E-state index in [0.29, 0.717) is 25.0 Å². The predicted molar refractivity (Wildman–Crippen MR) is 58.4 cm³/mol. The second-order valence-corrected chi connectivity index (χ2v) is 4.28. The van der Waals surface area contributed by atoms with Gasteiger partial charge in [-0.15, -0.1) is 0 Å². The van der Waals surface area contributed by atoms with E-state index in [9.17, 15) is 0 Å². The van der Waals surface area contributed by atoms with Crippen molar-refractivity contribution in [2.45, 2.75) is 38.7 Å². The van der Waals surface area contributed by atoms with Crippen LogP contribution in [0.1, 0.15) is 32.6 Å². The van der Waals surface area contributed by atoms with Crippen LogP contribution in [0.3, 0.4) is 0 Å². The summed E-state index contributed by atoms with van der Waals surface area (Å²) in [7, 11) is 0. The molecule has 0 spiro atoms. The molecule has 0 radical (unpaired) electrons. The third kappa shape index (κ3) is 7.73. The van der Waals surface area contributed by atoms with Crippen LogP contribution in [0.2, 0.25) is 0 Å². The van der Waals surface area contributed by atoms with Gasteiger partial charge < -0.3 is 20.4 Å². The van der Waals surface area contributed by atoms with Crippen molar-refractivity contribution in [2.24, 2.45) is 11.8 Å². The van der Waals surface area contributed by atoms with Gasteiger partial charge in [0.15, 0.2) is 0 Å². The average molecular weight is 220 g/mol. The fourth-order valence-corrected chi connectivity index (χ4v) is 1.60. The standard InChI is InChI=1S/C8H16O2.C3H8O2/c9-5-7-1-2-8(6-10)4-3-7;1-3(5)2-4/h7-10H,1-6H2;3-5H,2H2,1H3. The van der Waals surface area contributed by atoms with Gasteiger partial charge >= 0.3 is 0 Å². The molecule has 1 unspecified atom stereocenters. The van der Waals surface area contributed by atoms with Crippen LogP contribution in [0.15, 0.2) is 0 Å². The molecule has 4 nitrogen and oxygen atoms in total. The molecule has 1 atom stereocenters. The van der Waals surface area contributed by atoms with E-state index in [1.54, 1.807) is 0 Å². The average Bonchev–Trinajstić information content (AvgIpc) is 2.30. The van der Waals surface area contributed by atoms with Crippen molar-refractivity contribution < 1.29 is 20.4 Å². The zero-order valence-electron chi connectivity index (χ0n) is 9.47. The molecule has 4 heteroatoms. The van der Waals surface area contributed by atoms with Gasteiger partial charge in [0.05, 0.1) is 12.7 Å². The van der Waals surface area contributed by atoms with E-state index in [-0.39, 0.29) is 6.61 Å². The smallest absolute Gasteiger partial charge is 0.0742 e. The number of hydrogen-bond acceptors (Lipinski definition) is 4. The molecule has 0 bridgehead atoms. The van der Waals surface area contributed by atoms with E-state index in [0.717, 1.165) is 25.7 Å². The van der Waals surface area contributed by atoms with Crippen LogP contribution in [0.4, 0.5) is 0 Å². The summed E-state index contributed by atoms with van der Waals surface area (Å²) in [6.45, 7) is 2.05. The van der Waals surface area contributed by atoms with Crippen LogP contribution in [0.5, 0.6) is 0 Å². The highest BCUT2D eigenvalue weighted by molar-refractivity contribution is 4.70. The minimum absolute atomic E-state index is 0.139. The molecule has 0 saturated heterocycles. The van der Waals surface area contributed by atoms with Gasteiger partial charge in [0.2, 0.25) is 0 Å². The molecule has 4 N–H and O–H groups in total. The molecule has 15 heavy (non-hydrogen) atoms. The van der Waals surface area contributed by atoms with E-state index in [1.165, 1.54) is 6.92 Å². The fourth-order valence-electron chi connectivity index (χ4n) is 1.60. The Hall–Kier alpha value is -0.160. The maximum absolute atomic E-state index is 8.79. The molecule has 0 aromatic heterocycles. The fraction of sp³-hybridized carbons (Fsp3) is 1.00. The van der Waals surface area contributed by atoms with Gasteiger partial charge in [-0.2, -0.15) is 0 Å². The van der Waals surface area contributed by atoms with Crippen LogP contribution < -0.4 is 0 Å². The lowest BCUT2D eigenvalue weighted by Gasteiger charge is -2.25. The quantitative estimate of drug-likeness (QED) is 0.545. The second-order valence-electron chi connectivity index (χ2n) is 4.28. The third-order valence-electron chi connectivity index (χ3n) is 2.75. The monoisotopic (exact) mass is 220 g/mol. The summed E-state index contributed by atoms with van der Waals surface area (Å²) >= 11 is 0. The SMILES string of the molecule is CC(O)CO.OCC1CCC(CO)CC1. The normalized spacial score (nSPS) is 27.8. The van der Waals surface area contributed by atoms with Crippen LogP contribution in [-0.4, -0.2) is 46.4 Å². The van der Waals surface area contributed by atoms with Crippen LogP contribution in [-0.2, 0) is 0 Å². The molecular formula is C11H24O4. The van der Waals surface area contributed by atoms with E-state index >= 15 is 0 Å². The topological polar surface area (TPSA) is 80.9 Å². The zero-order valence-corrected chi connectivity index (χ0v) is 9.47. The lowest BCUT2D eigenvalue weighted by Crippen LogP contribution is -2.19. The Morgan fingerprint density at radius 3 is 1.33 bits per heavy atom. The van der Waals surface area contributed by atoms with Crippen LogP contribution in [0, 0.1) is 11.8 Å². The zero-order chi connectivity index (χ0) is 11.7. The van der Waals surface area contributed by atoms with Crippen molar-refractivity contribution in [3.63, 3.8) is 0 Å². The Morgan fingerprint density at radius 1 is 0.933 bits per heavy atom. The second kappa shape index (κ2) is 9.09. The summed E-state index contributed by atoms with van der Waals surface area (Å²) in [6.07, 6.45) is 3.84. The Kier molecular flexibility index (Phi) is 9.00. The number of hydrogen-bond donors (Lipinski definition) is 4. The van der Waals surface area contributed by atoms with Gasteiger partial charge in [0.25, 0.3) is 0 Å². The molecule has 1 aliphatic carbocycles. The van der Waals surface area contributed by atoms with Crippen molar-refractivity contribution in [1.29, 1.82) is 0 Å². The molecule has 0 heterocycles. The first-order valence-electron chi connectivity index (χ1n) is 5.64. The summed E-state index contributed by atoms with van der Waals surface area (Å²) in [6, 6.07) is 0. The van der Waals surface area contributed by atoms with E-state index in [2.05, 4.69) is 0 Å². The molecular weight excluding hydrogens is 196 g/mol. The summed E-state index contributed by atoms with van der Waals surface area (Å²) in [5, 5.41) is 33.6. The predicted octanol–water partition coefficient (Wildman–Crippen LogP) is 0.137. The first-order valence-corrected chi connectivity index (χ1v) is 5.64. The Balaban J connectivity index is 0.000000336. The van der Waals surface area contributed by atoms with E-state index < -0.39 is 6.10 Å². The lowest BCUT2D eigenvalue weighted by molar-refractivity contribution is 0.110. The molecule has 1 rings (SSSR count). The molecule has 0 aromatic rings.